The number of aromatic nitrogens is 1. The number of nitrogens with one attached hydrogen (secondary N) is 2. The standard InChI is InChI=1S/C12H14ClN5OS/c1-5-3-7-8(9(14)10(5)19-2)6(11(13)17-7)4-16-18-12(15)20/h3-4,17H,14H2,1-2H3,(H3,15,18,20)/b16-4+. The van der Waals surface area contributed by atoms with Gasteiger partial charge in [-0.15, -0.1) is 0 Å². The van der Waals surface area contributed by atoms with E-state index in [1.54, 1.807) is 7.11 Å². The fourth-order valence-corrected chi connectivity index (χ4v) is 2.36. The summed E-state index contributed by atoms with van der Waals surface area (Å²) in [5.74, 6) is 0.616. The van der Waals surface area contributed by atoms with Gasteiger partial charge in [-0.3, -0.25) is 5.43 Å². The lowest BCUT2D eigenvalue weighted by molar-refractivity contribution is 0.414. The molecule has 0 atom stereocenters. The number of aromatic amines is 1. The number of fused-ring (bicyclic) bond motifs is 1. The van der Waals surface area contributed by atoms with Gasteiger partial charge in [0.05, 0.1) is 19.0 Å². The average molecular weight is 312 g/mol. The summed E-state index contributed by atoms with van der Waals surface area (Å²) in [7, 11) is 1.57. The first-order chi connectivity index (χ1) is 9.45. The highest BCUT2D eigenvalue weighted by Gasteiger charge is 2.16. The summed E-state index contributed by atoms with van der Waals surface area (Å²) < 4.78 is 5.31. The van der Waals surface area contributed by atoms with Gasteiger partial charge >= 0.3 is 0 Å². The number of ether oxygens (including phenoxy) is 1. The van der Waals surface area contributed by atoms with Crippen LogP contribution in [0.4, 0.5) is 5.69 Å². The number of hydrogen-bond donors (Lipinski definition) is 4. The van der Waals surface area contributed by atoms with Crippen molar-refractivity contribution in [2.75, 3.05) is 12.8 Å². The summed E-state index contributed by atoms with van der Waals surface area (Å²) in [6.45, 7) is 1.91. The normalized spacial score (nSPS) is 11.2. The number of hydrogen-bond acceptors (Lipinski definition) is 4. The summed E-state index contributed by atoms with van der Waals surface area (Å²) in [4.78, 5) is 3.04. The number of hydrazone groups is 1. The zero-order valence-electron chi connectivity index (χ0n) is 11.0. The van der Waals surface area contributed by atoms with Gasteiger partial charge in [0.2, 0.25) is 0 Å². The molecule has 2 rings (SSSR count). The van der Waals surface area contributed by atoms with Crippen molar-refractivity contribution >= 4 is 51.7 Å². The van der Waals surface area contributed by atoms with Gasteiger partial charge in [-0.25, -0.2) is 0 Å². The predicted octanol–water partition coefficient (Wildman–Crippen LogP) is 1.89. The summed E-state index contributed by atoms with van der Waals surface area (Å²) in [5.41, 5.74) is 16.8. The molecule has 0 saturated heterocycles. The third kappa shape index (κ3) is 2.50. The van der Waals surface area contributed by atoms with E-state index >= 15 is 0 Å². The number of nitrogens with zero attached hydrogens (tertiary/aromatic N) is 1. The Morgan fingerprint density at radius 3 is 2.90 bits per heavy atom. The van der Waals surface area contributed by atoms with Crippen molar-refractivity contribution < 1.29 is 4.74 Å². The number of benzene rings is 1. The molecule has 6 nitrogen and oxygen atoms in total. The number of thiocarbonyl (C=S) groups is 1. The SMILES string of the molecule is COc1c(C)cc2[nH]c(Cl)c(/C=N/NC(N)=S)c2c1N. The van der Waals surface area contributed by atoms with E-state index in [2.05, 4.69) is 27.7 Å². The number of nitrogens with two attached hydrogens (primary N) is 2. The number of halogens is 1. The number of aryl methyl sites for hydroxylation is 1. The van der Waals surface area contributed by atoms with Crippen LogP contribution in [0, 0.1) is 6.92 Å². The largest absolute Gasteiger partial charge is 0.494 e. The van der Waals surface area contributed by atoms with Gasteiger partial charge in [-0.05, 0) is 30.8 Å². The van der Waals surface area contributed by atoms with Crippen LogP contribution >= 0.6 is 23.8 Å². The smallest absolute Gasteiger partial charge is 0.184 e. The highest BCUT2D eigenvalue weighted by atomic mass is 35.5. The maximum absolute atomic E-state index is 6.17. The third-order valence-corrected chi connectivity index (χ3v) is 3.21. The van der Waals surface area contributed by atoms with Crippen molar-refractivity contribution in [3.63, 3.8) is 0 Å². The predicted molar refractivity (Wildman–Crippen MR) is 86.5 cm³/mol. The molecule has 2 aromatic rings. The molecule has 1 aromatic carbocycles. The lowest BCUT2D eigenvalue weighted by Crippen LogP contribution is -2.24. The van der Waals surface area contributed by atoms with Crippen molar-refractivity contribution in [3.8, 4) is 5.75 Å². The highest BCUT2D eigenvalue weighted by molar-refractivity contribution is 7.80. The topological polar surface area (TPSA) is 101 Å². The first kappa shape index (κ1) is 14.4. The molecule has 0 aliphatic rings. The Morgan fingerprint density at radius 1 is 1.60 bits per heavy atom. The Labute approximate surface area is 126 Å². The quantitative estimate of drug-likeness (QED) is 0.300. The molecule has 0 fully saturated rings. The molecule has 0 unspecified atom stereocenters. The van der Waals surface area contributed by atoms with Crippen LogP contribution in [0.15, 0.2) is 11.2 Å². The second-order valence-electron chi connectivity index (χ2n) is 4.15. The molecule has 0 spiro atoms. The third-order valence-electron chi connectivity index (χ3n) is 2.83. The fraction of sp³-hybridized carbons (Fsp3) is 0.167. The lowest BCUT2D eigenvalue weighted by atomic mass is 10.1. The van der Waals surface area contributed by atoms with E-state index in [1.165, 1.54) is 6.21 Å². The van der Waals surface area contributed by atoms with Crippen molar-refractivity contribution in [1.29, 1.82) is 0 Å². The number of rotatable bonds is 3. The van der Waals surface area contributed by atoms with E-state index in [4.69, 9.17) is 27.8 Å². The van der Waals surface area contributed by atoms with Crippen molar-refractivity contribution in [2.45, 2.75) is 6.92 Å². The molecular weight excluding hydrogens is 298 g/mol. The average Bonchev–Trinajstić information content (AvgIpc) is 2.66. The Hall–Kier alpha value is -1.99. The Balaban J connectivity index is 2.62. The molecule has 1 heterocycles. The van der Waals surface area contributed by atoms with Crippen LogP contribution in [-0.4, -0.2) is 23.4 Å². The molecule has 0 saturated carbocycles. The minimum atomic E-state index is 0.0682. The van der Waals surface area contributed by atoms with Crippen molar-refractivity contribution in [2.24, 2.45) is 10.8 Å². The first-order valence-electron chi connectivity index (χ1n) is 5.68. The molecule has 8 heteroatoms. The molecule has 106 valence electrons. The zero-order chi connectivity index (χ0) is 14.9. The van der Waals surface area contributed by atoms with Gasteiger partial charge in [0.25, 0.3) is 0 Å². The summed E-state index contributed by atoms with van der Waals surface area (Å²) in [6.07, 6.45) is 1.51. The van der Waals surface area contributed by atoms with E-state index in [0.717, 1.165) is 16.5 Å². The van der Waals surface area contributed by atoms with E-state index in [1.807, 2.05) is 13.0 Å². The molecule has 0 bridgehead atoms. The Bertz CT molecular complexity index is 710. The maximum Gasteiger partial charge on any atom is 0.184 e. The van der Waals surface area contributed by atoms with Crippen LogP contribution in [0.1, 0.15) is 11.1 Å². The van der Waals surface area contributed by atoms with Crippen LogP contribution in [0.2, 0.25) is 5.15 Å². The maximum atomic E-state index is 6.17. The van der Waals surface area contributed by atoms with Gasteiger partial charge in [0, 0.05) is 16.5 Å². The van der Waals surface area contributed by atoms with Crippen LogP contribution in [0.25, 0.3) is 10.9 Å². The minimum absolute atomic E-state index is 0.0682. The van der Waals surface area contributed by atoms with E-state index in [0.29, 0.717) is 22.2 Å². The highest BCUT2D eigenvalue weighted by Crippen LogP contribution is 2.37. The molecule has 0 radical (unpaired) electrons. The number of nitrogen functional groups attached to an aromatic ring is 1. The van der Waals surface area contributed by atoms with Crippen LogP contribution < -0.4 is 21.6 Å². The fourth-order valence-electron chi connectivity index (χ4n) is 2.06. The molecule has 20 heavy (non-hydrogen) atoms. The molecule has 0 amide bonds. The summed E-state index contributed by atoms with van der Waals surface area (Å²) in [5, 5.41) is 5.14. The number of anilines is 1. The minimum Gasteiger partial charge on any atom is -0.494 e. The molecule has 0 aliphatic heterocycles. The second-order valence-corrected chi connectivity index (χ2v) is 4.97. The lowest BCUT2D eigenvalue weighted by Gasteiger charge is -2.09. The Kier molecular flexibility index (Phi) is 4.01. The van der Waals surface area contributed by atoms with Gasteiger partial charge in [-0.1, -0.05) is 11.6 Å². The second kappa shape index (κ2) is 5.56. The van der Waals surface area contributed by atoms with Crippen molar-refractivity contribution in [1.82, 2.24) is 10.4 Å². The van der Waals surface area contributed by atoms with Gasteiger partial charge in [0.1, 0.15) is 10.9 Å². The molecular formula is C12H14ClN5OS. The monoisotopic (exact) mass is 311 g/mol. The summed E-state index contributed by atoms with van der Waals surface area (Å²) in [6, 6.07) is 1.91. The zero-order valence-corrected chi connectivity index (χ0v) is 12.5. The molecule has 0 aliphatic carbocycles. The van der Waals surface area contributed by atoms with E-state index in [9.17, 15) is 0 Å². The van der Waals surface area contributed by atoms with Gasteiger partial charge in [-0.2, -0.15) is 5.10 Å². The van der Waals surface area contributed by atoms with Crippen LogP contribution in [0.5, 0.6) is 5.75 Å². The van der Waals surface area contributed by atoms with Gasteiger partial charge < -0.3 is 21.2 Å². The molecule has 1 aromatic heterocycles. The van der Waals surface area contributed by atoms with Crippen LogP contribution in [-0.2, 0) is 0 Å². The number of methoxy groups -OCH3 is 1. The van der Waals surface area contributed by atoms with Crippen LogP contribution in [0.3, 0.4) is 0 Å². The van der Waals surface area contributed by atoms with E-state index in [-0.39, 0.29) is 5.11 Å². The number of H-pyrrole nitrogens is 1. The Morgan fingerprint density at radius 2 is 2.30 bits per heavy atom. The van der Waals surface area contributed by atoms with Gasteiger partial charge in [0.15, 0.2) is 5.11 Å². The van der Waals surface area contributed by atoms with Crippen molar-refractivity contribution in [3.05, 3.63) is 22.3 Å². The molecule has 6 N–H and O–H groups in total. The first-order valence-corrected chi connectivity index (χ1v) is 6.47. The summed E-state index contributed by atoms with van der Waals surface area (Å²) >= 11 is 10.8. The van der Waals surface area contributed by atoms with E-state index < -0.39 is 0 Å².